The van der Waals surface area contributed by atoms with E-state index in [1.165, 1.54) is 10.4 Å². The predicted octanol–water partition coefficient (Wildman–Crippen LogP) is 3.99. The minimum absolute atomic E-state index is 0.211. The second-order valence-corrected chi connectivity index (χ2v) is 7.62. The molecule has 0 aromatic carbocycles. The molecule has 0 saturated heterocycles. The third kappa shape index (κ3) is 4.22. The van der Waals surface area contributed by atoms with Gasteiger partial charge in [-0.1, -0.05) is 0 Å². The highest BCUT2D eigenvalue weighted by atomic mass is 32.1. The molecule has 0 fully saturated rings. The number of aromatic nitrogens is 3. The average molecular weight is 345 g/mol. The SMILES string of the molecule is Cc1ncc(CN[C@H](Cc2ccsc2)c2nc(C)c(C)s2)cn1. The first kappa shape index (κ1) is 16.2. The highest BCUT2D eigenvalue weighted by Gasteiger charge is 2.17. The molecule has 3 aromatic rings. The number of hydrogen-bond acceptors (Lipinski definition) is 6. The lowest BCUT2D eigenvalue weighted by molar-refractivity contribution is 0.526. The Kier molecular flexibility index (Phi) is 5.15. The van der Waals surface area contributed by atoms with Crippen LogP contribution in [0.15, 0.2) is 29.2 Å². The number of thiophene rings is 1. The lowest BCUT2D eigenvalue weighted by atomic mass is 10.1. The summed E-state index contributed by atoms with van der Waals surface area (Å²) in [4.78, 5) is 14.6. The first-order chi connectivity index (χ1) is 11.1. The Morgan fingerprint density at radius 3 is 2.52 bits per heavy atom. The smallest absolute Gasteiger partial charge is 0.125 e. The fourth-order valence-corrected chi connectivity index (χ4v) is 3.97. The molecule has 3 rings (SSSR count). The number of nitrogens with one attached hydrogen (secondary N) is 1. The molecule has 0 unspecified atom stereocenters. The molecule has 0 spiro atoms. The highest BCUT2D eigenvalue weighted by Crippen LogP contribution is 2.26. The van der Waals surface area contributed by atoms with Gasteiger partial charge in [-0.2, -0.15) is 11.3 Å². The summed E-state index contributed by atoms with van der Waals surface area (Å²) in [5.74, 6) is 0.801. The summed E-state index contributed by atoms with van der Waals surface area (Å²) in [6.45, 7) is 6.85. The van der Waals surface area contributed by atoms with Crippen LogP contribution < -0.4 is 5.32 Å². The molecular weight excluding hydrogens is 324 g/mol. The van der Waals surface area contributed by atoms with Crippen molar-refractivity contribution in [3.8, 4) is 0 Å². The second-order valence-electron chi connectivity index (χ2n) is 5.60. The summed E-state index contributed by atoms with van der Waals surface area (Å²) in [6.07, 6.45) is 4.72. The van der Waals surface area contributed by atoms with Crippen LogP contribution in [0.4, 0.5) is 0 Å². The van der Waals surface area contributed by atoms with Gasteiger partial charge in [0, 0.05) is 29.4 Å². The summed E-state index contributed by atoms with van der Waals surface area (Å²) >= 11 is 3.52. The Morgan fingerprint density at radius 2 is 1.91 bits per heavy atom. The van der Waals surface area contributed by atoms with Gasteiger partial charge in [-0.3, -0.25) is 0 Å². The van der Waals surface area contributed by atoms with Crippen LogP contribution in [0.1, 0.15) is 38.6 Å². The number of thiazole rings is 1. The topological polar surface area (TPSA) is 50.7 Å². The first-order valence-corrected chi connectivity index (χ1v) is 9.33. The van der Waals surface area contributed by atoms with Gasteiger partial charge in [-0.05, 0) is 49.6 Å². The number of hydrogen-bond donors (Lipinski definition) is 1. The molecule has 1 atom stereocenters. The van der Waals surface area contributed by atoms with E-state index >= 15 is 0 Å². The lowest BCUT2D eigenvalue weighted by Gasteiger charge is -2.16. The number of aryl methyl sites for hydroxylation is 3. The minimum Gasteiger partial charge on any atom is -0.303 e. The maximum absolute atomic E-state index is 4.75. The Hall–Kier alpha value is -1.63. The Bertz CT molecular complexity index is 728. The zero-order valence-corrected chi connectivity index (χ0v) is 15.2. The Balaban J connectivity index is 1.75. The van der Waals surface area contributed by atoms with Gasteiger partial charge in [-0.15, -0.1) is 11.3 Å². The van der Waals surface area contributed by atoms with Crippen molar-refractivity contribution >= 4 is 22.7 Å². The largest absolute Gasteiger partial charge is 0.303 e. The molecule has 23 heavy (non-hydrogen) atoms. The average Bonchev–Trinajstić information content (AvgIpc) is 3.16. The van der Waals surface area contributed by atoms with E-state index in [1.807, 2.05) is 19.3 Å². The summed E-state index contributed by atoms with van der Waals surface area (Å²) in [5, 5.41) is 9.10. The molecule has 0 aliphatic carbocycles. The molecule has 3 heterocycles. The van der Waals surface area contributed by atoms with Crippen LogP contribution in [-0.4, -0.2) is 15.0 Å². The van der Waals surface area contributed by atoms with E-state index in [2.05, 4.69) is 46.0 Å². The summed E-state index contributed by atoms with van der Waals surface area (Å²) in [5.41, 5.74) is 3.56. The van der Waals surface area contributed by atoms with Gasteiger partial charge in [0.05, 0.1) is 11.7 Å². The van der Waals surface area contributed by atoms with Gasteiger partial charge in [0.2, 0.25) is 0 Å². The van der Waals surface area contributed by atoms with E-state index in [-0.39, 0.29) is 6.04 Å². The van der Waals surface area contributed by atoms with E-state index in [0.717, 1.165) is 35.1 Å². The molecule has 0 saturated carbocycles. The number of rotatable bonds is 6. The molecule has 120 valence electrons. The highest BCUT2D eigenvalue weighted by molar-refractivity contribution is 7.11. The molecule has 3 aromatic heterocycles. The van der Waals surface area contributed by atoms with Gasteiger partial charge in [0.1, 0.15) is 10.8 Å². The minimum atomic E-state index is 0.211. The zero-order chi connectivity index (χ0) is 16.2. The lowest BCUT2D eigenvalue weighted by Crippen LogP contribution is -2.23. The first-order valence-electron chi connectivity index (χ1n) is 7.57. The molecule has 4 nitrogen and oxygen atoms in total. The fourth-order valence-electron chi connectivity index (χ4n) is 2.29. The van der Waals surface area contributed by atoms with Crippen LogP contribution in [0.3, 0.4) is 0 Å². The maximum atomic E-state index is 4.75. The van der Waals surface area contributed by atoms with E-state index in [4.69, 9.17) is 4.98 Å². The van der Waals surface area contributed by atoms with E-state index in [9.17, 15) is 0 Å². The second kappa shape index (κ2) is 7.29. The Morgan fingerprint density at radius 1 is 1.13 bits per heavy atom. The van der Waals surface area contributed by atoms with Crippen molar-refractivity contribution in [1.82, 2.24) is 20.3 Å². The third-order valence-electron chi connectivity index (χ3n) is 3.75. The quantitative estimate of drug-likeness (QED) is 0.734. The van der Waals surface area contributed by atoms with Crippen LogP contribution in [0.25, 0.3) is 0 Å². The molecule has 0 radical (unpaired) electrons. The number of nitrogens with zero attached hydrogens (tertiary/aromatic N) is 3. The van der Waals surface area contributed by atoms with Crippen LogP contribution in [0, 0.1) is 20.8 Å². The van der Waals surface area contributed by atoms with Crippen molar-refractivity contribution in [3.63, 3.8) is 0 Å². The standard InChI is InChI=1S/C17H20N4S2/c1-11-12(2)23-17(21-11)16(6-14-4-5-22-10-14)20-9-15-7-18-13(3)19-8-15/h4-5,7-8,10,16,20H,6,9H2,1-3H3/t16-/m1/s1. The van der Waals surface area contributed by atoms with Gasteiger partial charge in [0.15, 0.2) is 0 Å². The van der Waals surface area contributed by atoms with E-state index in [0.29, 0.717) is 0 Å². The monoisotopic (exact) mass is 344 g/mol. The van der Waals surface area contributed by atoms with Gasteiger partial charge in [-0.25, -0.2) is 15.0 Å². The van der Waals surface area contributed by atoms with E-state index < -0.39 is 0 Å². The molecule has 1 N–H and O–H groups in total. The molecule has 0 aliphatic rings. The third-order valence-corrected chi connectivity index (χ3v) is 5.67. The van der Waals surface area contributed by atoms with Crippen molar-refractivity contribution in [1.29, 1.82) is 0 Å². The summed E-state index contributed by atoms with van der Waals surface area (Å²) in [6, 6.07) is 2.39. The van der Waals surface area contributed by atoms with Gasteiger partial charge >= 0.3 is 0 Å². The molecule has 6 heteroatoms. The van der Waals surface area contributed by atoms with Crippen molar-refractivity contribution < 1.29 is 0 Å². The zero-order valence-electron chi connectivity index (χ0n) is 13.5. The molecule has 0 amide bonds. The normalized spacial score (nSPS) is 12.5. The van der Waals surface area contributed by atoms with Gasteiger partial charge < -0.3 is 5.32 Å². The van der Waals surface area contributed by atoms with Crippen LogP contribution in [0.5, 0.6) is 0 Å². The van der Waals surface area contributed by atoms with Crippen LogP contribution in [-0.2, 0) is 13.0 Å². The fraction of sp³-hybridized carbons (Fsp3) is 0.353. The molecular formula is C17H20N4S2. The molecule has 0 bridgehead atoms. The maximum Gasteiger partial charge on any atom is 0.125 e. The van der Waals surface area contributed by atoms with Crippen molar-refractivity contribution in [3.05, 3.63) is 61.8 Å². The Labute approximate surface area is 144 Å². The van der Waals surface area contributed by atoms with Crippen LogP contribution in [0.2, 0.25) is 0 Å². The van der Waals surface area contributed by atoms with Crippen LogP contribution >= 0.6 is 22.7 Å². The summed E-state index contributed by atoms with van der Waals surface area (Å²) < 4.78 is 0. The van der Waals surface area contributed by atoms with Gasteiger partial charge in [0.25, 0.3) is 0 Å². The predicted molar refractivity (Wildman–Crippen MR) is 96.0 cm³/mol. The van der Waals surface area contributed by atoms with Crippen molar-refractivity contribution in [2.45, 2.75) is 39.8 Å². The van der Waals surface area contributed by atoms with E-state index in [1.54, 1.807) is 22.7 Å². The van der Waals surface area contributed by atoms with Crippen molar-refractivity contribution in [2.24, 2.45) is 0 Å². The van der Waals surface area contributed by atoms with Crippen molar-refractivity contribution in [2.75, 3.05) is 0 Å². The summed E-state index contributed by atoms with van der Waals surface area (Å²) in [7, 11) is 0. The molecule has 0 aliphatic heterocycles.